The number of phenols is 1. The van der Waals surface area contributed by atoms with Crippen LogP contribution in [0.1, 0.15) is 30.1 Å². The number of nitrogens with zero attached hydrogens (tertiary/aromatic N) is 3. The molecule has 0 unspecified atom stereocenters. The van der Waals surface area contributed by atoms with Crippen molar-refractivity contribution < 1.29 is 14.6 Å². The molecule has 29 heavy (non-hydrogen) atoms. The molecule has 0 aliphatic carbocycles. The van der Waals surface area contributed by atoms with Crippen molar-refractivity contribution in [3.8, 4) is 17.2 Å². The van der Waals surface area contributed by atoms with Crippen molar-refractivity contribution in [2.24, 2.45) is 0 Å². The molecule has 0 aliphatic heterocycles. The summed E-state index contributed by atoms with van der Waals surface area (Å²) in [6.45, 7) is 2.54. The van der Waals surface area contributed by atoms with Crippen molar-refractivity contribution in [1.29, 1.82) is 0 Å². The minimum atomic E-state index is -0.391. The van der Waals surface area contributed by atoms with E-state index in [0.717, 1.165) is 12.8 Å². The number of unbranched alkanes of at least 4 members (excludes halogenated alkanes) is 1. The van der Waals surface area contributed by atoms with E-state index in [4.69, 9.17) is 27.9 Å². The summed E-state index contributed by atoms with van der Waals surface area (Å²) in [5.41, 5.74) is 0.636. The first-order valence-corrected chi connectivity index (χ1v) is 9.52. The number of hydrogen-bond acceptors (Lipinski definition) is 7. The van der Waals surface area contributed by atoms with Gasteiger partial charge in [0.2, 0.25) is 0 Å². The van der Waals surface area contributed by atoms with E-state index in [1.165, 1.54) is 18.2 Å². The molecule has 0 spiro atoms. The second-order valence-corrected chi connectivity index (χ2v) is 6.83. The molecule has 11 heteroatoms. The highest BCUT2D eigenvalue weighted by atomic mass is 35.5. The molecule has 2 aromatic carbocycles. The number of carbonyl (C=O) groups excluding carboxylic acids is 1. The number of aromatic nitrogens is 4. The Morgan fingerprint density at radius 2 is 2.00 bits per heavy atom. The van der Waals surface area contributed by atoms with Crippen molar-refractivity contribution in [1.82, 2.24) is 25.9 Å². The van der Waals surface area contributed by atoms with Crippen LogP contribution in [-0.2, 0) is 0 Å². The minimum absolute atomic E-state index is 0.0984. The number of tetrazole rings is 1. The summed E-state index contributed by atoms with van der Waals surface area (Å²) < 4.78 is 5.77. The molecule has 3 aromatic rings. The highest BCUT2D eigenvalue weighted by Crippen LogP contribution is 2.40. The Kier molecular flexibility index (Phi) is 6.73. The Morgan fingerprint density at radius 3 is 2.66 bits per heavy atom. The van der Waals surface area contributed by atoms with Crippen LogP contribution in [-0.4, -0.2) is 38.2 Å². The van der Waals surface area contributed by atoms with Gasteiger partial charge in [0.25, 0.3) is 11.9 Å². The molecule has 0 saturated carbocycles. The van der Waals surface area contributed by atoms with Crippen LogP contribution in [0.25, 0.3) is 0 Å². The molecule has 0 atom stereocenters. The summed E-state index contributed by atoms with van der Waals surface area (Å²) in [5.74, 6) is 0.214. The lowest BCUT2D eigenvalue weighted by atomic mass is 10.1. The molecule has 0 saturated heterocycles. The molecule has 1 aromatic heterocycles. The van der Waals surface area contributed by atoms with E-state index in [9.17, 15) is 9.90 Å². The minimum Gasteiger partial charge on any atom is -0.507 e. The summed E-state index contributed by atoms with van der Waals surface area (Å²) in [5, 5.41) is 29.4. The van der Waals surface area contributed by atoms with Gasteiger partial charge in [-0.15, -0.1) is 5.10 Å². The van der Waals surface area contributed by atoms with Crippen LogP contribution >= 0.6 is 23.2 Å². The van der Waals surface area contributed by atoms with E-state index < -0.39 is 5.91 Å². The summed E-state index contributed by atoms with van der Waals surface area (Å²) in [7, 11) is 0. The van der Waals surface area contributed by atoms with Gasteiger partial charge < -0.3 is 20.5 Å². The number of halogens is 2. The maximum atomic E-state index is 12.3. The van der Waals surface area contributed by atoms with Crippen molar-refractivity contribution in [3.63, 3.8) is 0 Å². The fourth-order valence-electron chi connectivity index (χ4n) is 2.43. The third-order valence-corrected chi connectivity index (χ3v) is 4.41. The topological polar surface area (TPSA) is 125 Å². The number of H-pyrrole nitrogens is 1. The van der Waals surface area contributed by atoms with Crippen LogP contribution in [0.2, 0.25) is 10.0 Å². The Bertz CT molecular complexity index is 974. The molecular formula is C18H18Cl2N6O3. The number of aromatic hydroxyl groups is 1. The van der Waals surface area contributed by atoms with Crippen LogP contribution in [0.5, 0.6) is 17.2 Å². The maximum Gasteiger partial charge on any atom is 0.267 e. The van der Waals surface area contributed by atoms with Gasteiger partial charge in [-0.05, 0) is 42.0 Å². The number of aromatic amines is 1. The normalized spacial score (nSPS) is 10.6. The molecule has 0 bridgehead atoms. The fraction of sp³-hybridized carbons (Fsp3) is 0.222. The number of carbonyl (C=O) groups is 1. The van der Waals surface area contributed by atoms with Gasteiger partial charge >= 0.3 is 0 Å². The zero-order valence-corrected chi connectivity index (χ0v) is 16.9. The molecule has 0 radical (unpaired) electrons. The van der Waals surface area contributed by atoms with Gasteiger partial charge in [-0.1, -0.05) is 41.6 Å². The van der Waals surface area contributed by atoms with Crippen molar-refractivity contribution in [2.45, 2.75) is 19.8 Å². The monoisotopic (exact) mass is 436 g/mol. The highest BCUT2D eigenvalue weighted by molar-refractivity contribution is 6.37. The lowest BCUT2D eigenvalue weighted by molar-refractivity contribution is 0.0950. The summed E-state index contributed by atoms with van der Waals surface area (Å²) in [4.78, 5) is 12.3. The first-order chi connectivity index (χ1) is 14.0. The third kappa shape index (κ3) is 5.27. The van der Waals surface area contributed by atoms with Crippen LogP contribution in [0.4, 0.5) is 11.6 Å². The lowest BCUT2D eigenvalue weighted by Gasteiger charge is -2.13. The highest BCUT2D eigenvalue weighted by Gasteiger charge is 2.16. The SMILES string of the molecule is CCCCNC(=O)c1cc(Oc2c(Cl)cc(Nc3nn[nH]n3)cc2Cl)ccc1O. The largest absolute Gasteiger partial charge is 0.507 e. The van der Waals surface area contributed by atoms with E-state index in [1.807, 2.05) is 6.92 Å². The zero-order chi connectivity index (χ0) is 20.8. The standard InChI is InChI=1S/C18H18Cl2N6O3/c1-2-3-6-21-17(28)12-9-11(4-5-15(12)27)29-16-13(19)7-10(8-14(16)20)22-18-23-25-26-24-18/h4-5,7-9,27H,2-3,6H2,1H3,(H,21,28)(H2,22,23,24,25,26). The number of ether oxygens (including phenoxy) is 1. The average molecular weight is 437 g/mol. The maximum absolute atomic E-state index is 12.3. The first-order valence-electron chi connectivity index (χ1n) is 8.76. The Hall–Kier alpha value is -3.04. The Morgan fingerprint density at radius 1 is 1.24 bits per heavy atom. The second kappa shape index (κ2) is 9.44. The number of hydrogen-bond donors (Lipinski definition) is 4. The second-order valence-electron chi connectivity index (χ2n) is 6.02. The van der Waals surface area contributed by atoms with Gasteiger partial charge in [0, 0.05) is 12.2 Å². The van der Waals surface area contributed by atoms with Crippen molar-refractivity contribution >= 4 is 40.7 Å². The average Bonchev–Trinajstić information content (AvgIpc) is 3.19. The van der Waals surface area contributed by atoms with Gasteiger partial charge in [0.05, 0.1) is 15.6 Å². The molecule has 9 nitrogen and oxygen atoms in total. The predicted molar refractivity (Wildman–Crippen MR) is 109 cm³/mol. The lowest BCUT2D eigenvalue weighted by Crippen LogP contribution is -2.24. The smallest absolute Gasteiger partial charge is 0.267 e. The van der Waals surface area contributed by atoms with Gasteiger partial charge in [-0.2, -0.15) is 5.21 Å². The predicted octanol–water partition coefficient (Wildman–Crippen LogP) is 4.28. The summed E-state index contributed by atoms with van der Waals surface area (Å²) in [6.07, 6.45) is 1.79. The van der Waals surface area contributed by atoms with E-state index in [0.29, 0.717) is 18.0 Å². The third-order valence-electron chi connectivity index (χ3n) is 3.85. The van der Waals surface area contributed by atoms with Crippen LogP contribution in [0.3, 0.4) is 0 Å². The van der Waals surface area contributed by atoms with Crippen LogP contribution < -0.4 is 15.4 Å². The number of amides is 1. The molecule has 4 N–H and O–H groups in total. The van der Waals surface area contributed by atoms with Gasteiger partial charge in [0.1, 0.15) is 11.5 Å². The molecule has 1 amide bonds. The number of nitrogens with one attached hydrogen (secondary N) is 3. The van der Waals surface area contributed by atoms with Crippen molar-refractivity contribution in [2.75, 3.05) is 11.9 Å². The summed E-state index contributed by atoms with van der Waals surface area (Å²) >= 11 is 12.6. The Labute approximate surface area is 176 Å². The molecule has 1 heterocycles. The van der Waals surface area contributed by atoms with E-state index in [2.05, 4.69) is 31.3 Å². The van der Waals surface area contributed by atoms with Gasteiger partial charge in [0.15, 0.2) is 5.75 Å². The number of anilines is 2. The number of benzene rings is 2. The molecule has 3 rings (SSSR count). The zero-order valence-electron chi connectivity index (χ0n) is 15.4. The fourth-order valence-corrected chi connectivity index (χ4v) is 2.99. The van der Waals surface area contributed by atoms with Gasteiger partial charge in [-0.25, -0.2) is 0 Å². The molecule has 0 aliphatic rings. The molecular weight excluding hydrogens is 419 g/mol. The van der Waals surface area contributed by atoms with Gasteiger partial charge in [-0.3, -0.25) is 4.79 Å². The van der Waals surface area contributed by atoms with E-state index in [-0.39, 0.29) is 33.1 Å². The van der Waals surface area contributed by atoms with E-state index in [1.54, 1.807) is 12.1 Å². The van der Waals surface area contributed by atoms with E-state index >= 15 is 0 Å². The number of phenolic OH excluding ortho intramolecular Hbond substituents is 1. The Balaban J connectivity index is 1.79. The summed E-state index contributed by atoms with van der Waals surface area (Å²) in [6, 6.07) is 7.47. The van der Waals surface area contributed by atoms with Crippen LogP contribution in [0, 0.1) is 0 Å². The number of rotatable bonds is 8. The van der Waals surface area contributed by atoms with Crippen LogP contribution in [0.15, 0.2) is 30.3 Å². The molecule has 0 fully saturated rings. The first kappa shape index (κ1) is 20.7. The van der Waals surface area contributed by atoms with Crippen molar-refractivity contribution in [3.05, 3.63) is 45.9 Å². The molecule has 152 valence electrons. The quantitative estimate of drug-likeness (QED) is 0.388.